The van der Waals surface area contributed by atoms with Crippen LogP contribution in [0.25, 0.3) is 0 Å². The van der Waals surface area contributed by atoms with Crippen LogP contribution in [-0.4, -0.2) is 44.3 Å². The lowest BCUT2D eigenvalue weighted by Gasteiger charge is -2.32. The summed E-state index contributed by atoms with van der Waals surface area (Å²) in [7, 11) is -4.10. The number of amides is 2. The van der Waals surface area contributed by atoms with Crippen LogP contribution in [0.4, 0.5) is 5.69 Å². The third kappa shape index (κ3) is 7.75. The summed E-state index contributed by atoms with van der Waals surface area (Å²) in [5.74, 6) is -0.880. The molecule has 1 unspecified atom stereocenters. The number of sulfonamides is 1. The van der Waals surface area contributed by atoms with Crippen LogP contribution >= 0.6 is 23.2 Å². The van der Waals surface area contributed by atoms with E-state index >= 15 is 0 Å². The summed E-state index contributed by atoms with van der Waals surface area (Å²) in [6.45, 7) is 5.53. The van der Waals surface area contributed by atoms with Gasteiger partial charge in [0, 0.05) is 13.1 Å². The van der Waals surface area contributed by atoms with Crippen molar-refractivity contribution >= 4 is 50.7 Å². The van der Waals surface area contributed by atoms with Crippen LogP contribution in [0.5, 0.6) is 0 Å². The maximum Gasteiger partial charge on any atom is 0.264 e. The van der Waals surface area contributed by atoms with E-state index in [1.165, 1.54) is 17.0 Å². The quantitative estimate of drug-likeness (QED) is 0.294. The van der Waals surface area contributed by atoms with Crippen LogP contribution in [0, 0.1) is 0 Å². The molecule has 0 saturated carbocycles. The third-order valence-electron chi connectivity index (χ3n) is 6.30. The lowest BCUT2D eigenvalue weighted by Crippen LogP contribution is -2.51. The van der Waals surface area contributed by atoms with Gasteiger partial charge in [-0.25, -0.2) is 8.42 Å². The van der Waals surface area contributed by atoms with Crippen LogP contribution < -0.4 is 9.62 Å². The highest BCUT2D eigenvalue weighted by Gasteiger charge is 2.32. The molecule has 0 aliphatic carbocycles. The molecule has 3 rings (SSSR count). The molecule has 7 nitrogen and oxygen atoms in total. The predicted octanol–water partition coefficient (Wildman–Crippen LogP) is 5.69. The first-order valence-corrected chi connectivity index (χ1v) is 15.0. The van der Waals surface area contributed by atoms with E-state index in [1.54, 1.807) is 55.5 Å². The Morgan fingerprint density at radius 1 is 0.897 bits per heavy atom. The molecule has 0 bridgehead atoms. The molecule has 0 aliphatic rings. The molecule has 3 aromatic carbocycles. The Hall–Kier alpha value is -3.07. The van der Waals surface area contributed by atoms with Gasteiger partial charge in [-0.1, -0.05) is 73.4 Å². The summed E-state index contributed by atoms with van der Waals surface area (Å²) in [6, 6.07) is 19.1. The minimum Gasteiger partial charge on any atom is -0.354 e. The maximum absolute atomic E-state index is 13.9. The van der Waals surface area contributed by atoms with Crippen molar-refractivity contribution in [2.75, 3.05) is 17.4 Å². The second-order valence-corrected chi connectivity index (χ2v) is 11.8. The number of aryl methyl sites for hydroxylation is 1. The fraction of sp³-hybridized carbons (Fsp3) is 0.310. The van der Waals surface area contributed by atoms with Crippen molar-refractivity contribution in [3.63, 3.8) is 0 Å². The normalized spacial score (nSPS) is 12.0. The van der Waals surface area contributed by atoms with E-state index in [1.807, 2.05) is 26.0 Å². The Labute approximate surface area is 240 Å². The number of halogens is 2. The van der Waals surface area contributed by atoms with Crippen molar-refractivity contribution in [2.24, 2.45) is 0 Å². The number of nitrogens with one attached hydrogen (secondary N) is 1. The lowest BCUT2D eigenvalue weighted by atomic mass is 10.1. The van der Waals surface area contributed by atoms with E-state index in [2.05, 4.69) is 5.32 Å². The van der Waals surface area contributed by atoms with E-state index in [0.717, 1.165) is 22.7 Å². The molecule has 10 heteroatoms. The van der Waals surface area contributed by atoms with Crippen molar-refractivity contribution in [3.8, 4) is 0 Å². The summed E-state index contributed by atoms with van der Waals surface area (Å²) in [5, 5.41) is 3.49. The first-order chi connectivity index (χ1) is 18.6. The molecule has 0 radical (unpaired) electrons. The fourth-order valence-corrected chi connectivity index (χ4v) is 5.72. The van der Waals surface area contributed by atoms with Gasteiger partial charge in [0.05, 0.1) is 20.6 Å². The zero-order valence-corrected chi connectivity index (χ0v) is 24.6. The van der Waals surface area contributed by atoms with Crippen LogP contribution in [-0.2, 0) is 32.6 Å². The summed E-state index contributed by atoms with van der Waals surface area (Å²) in [4.78, 5) is 28.2. The van der Waals surface area contributed by atoms with E-state index in [9.17, 15) is 18.0 Å². The van der Waals surface area contributed by atoms with Gasteiger partial charge in [-0.05, 0) is 67.3 Å². The van der Waals surface area contributed by atoms with Gasteiger partial charge in [-0.3, -0.25) is 13.9 Å². The standard InChI is InChI=1S/C29H33Cl2N3O4S/c1-4-17-32-29(36)21(3)33(19-23-13-16-26(30)27(31)18-23)28(35)20-34(24-14-11-22(5-2)12-15-24)39(37,38)25-9-7-6-8-10-25/h6-16,18,21H,4-5,17,19-20H2,1-3H3,(H,32,36). The monoisotopic (exact) mass is 589 g/mol. The number of hydrogen-bond donors (Lipinski definition) is 1. The molecular formula is C29H33Cl2N3O4S. The molecule has 0 fully saturated rings. The number of anilines is 1. The highest BCUT2D eigenvalue weighted by molar-refractivity contribution is 7.92. The Bertz CT molecular complexity index is 1380. The topological polar surface area (TPSA) is 86.8 Å². The molecule has 1 atom stereocenters. The molecule has 2 amide bonds. The molecule has 0 spiro atoms. The SMILES string of the molecule is CCCNC(=O)C(C)N(Cc1ccc(Cl)c(Cl)c1)C(=O)CN(c1ccc(CC)cc1)S(=O)(=O)c1ccccc1. The molecular weight excluding hydrogens is 557 g/mol. The van der Waals surface area contributed by atoms with Crippen molar-refractivity contribution in [2.45, 2.75) is 51.1 Å². The van der Waals surface area contributed by atoms with E-state index in [4.69, 9.17) is 23.2 Å². The highest BCUT2D eigenvalue weighted by Crippen LogP contribution is 2.26. The Morgan fingerprint density at radius 3 is 2.13 bits per heavy atom. The molecule has 39 heavy (non-hydrogen) atoms. The Morgan fingerprint density at radius 2 is 1.54 bits per heavy atom. The van der Waals surface area contributed by atoms with Gasteiger partial charge in [0.15, 0.2) is 0 Å². The van der Waals surface area contributed by atoms with Gasteiger partial charge in [-0.15, -0.1) is 0 Å². The van der Waals surface area contributed by atoms with Gasteiger partial charge in [0.1, 0.15) is 12.6 Å². The van der Waals surface area contributed by atoms with Crippen molar-refractivity contribution < 1.29 is 18.0 Å². The Balaban J connectivity index is 2.02. The van der Waals surface area contributed by atoms with E-state index < -0.39 is 28.5 Å². The maximum atomic E-state index is 13.9. The van der Waals surface area contributed by atoms with Crippen molar-refractivity contribution in [1.29, 1.82) is 0 Å². The smallest absolute Gasteiger partial charge is 0.264 e. The molecule has 3 aromatic rings. The number of carbonyl (C=O) groups excluding carboxylic acids is 2. The number of benzene rings is 3. The van der Waals surface area contributed by atoms with Gasteiger partial charge in [0.25, 0.3) is 10.0 Å². The lowest BCUT2D eigenvalue weighted by molar-refractivity contribution is -0.139. The number of hydrogen-bond acceptors (Lipinski definition) is 4. The van der Waals surface area contributed by atoms with Crippen molar-refractivity contribution in [3.05, 3.63) is 94.0 Å². The summed E-state index contributed by atoms with van der Waals surface area (Å²) in [6.07, 6.45) is 1.52. The number of rotatable bonds is 12. The van der Waals surface area contributed by atoms with Crippen molar-refractivity contribution in [1.82, 2.24) is 10.2 Å². The second kappa shape index (κ2) is 13.8. The van der Waals surface area contributed by atoms with Crippen LogP contribution in [0.2, 0.25) is 10.0 Å². The second-order valence-electron chi connectivity index (χ2n) is 9.08. The minimum absolute atomic E-state index is 0.0322. The first-order valence-electron chi connectivity index (χ1n) is 12.8. The van der Waals surface area contributed by atoms with Gasteiger partial charge >= 0.3 is 0 Å². The zero-order valence-electron chi connectivity index (χ0n) is 22.2. The molecule has 0 aromatic heterocycles. The summed E-state index contributed by atoms with van der Waals surface area (Å²) < 4.78 is 28.6. The first kappa shape index (κ1) is 30.5. The van der Waals surface area contributed by atoms with E-state index in [0.29, 0.717) is 27.8 Å². The third-order valence-corrected chi connectivity index (χ3v) is 8.82. The molecule has 208 valence electrons. The van der Waals surface area contributed by atoms with Gasteiger partial charge in [-0.2, -0.15) is 0 Å². The largest absolute Gasteiger partial charge is 0.354 e. The Kier molecular flexibility index (Phi) is 10.8. The fourth-order valence-electron chi connectivity index (χ4n) is 3.96. The average molecular weight is 591 g/mol. The average Bonchev–Trinajstić information content (AvgIpc) is 2.95. The minimum atomic E-state index is -4.10. The molecule has 0 saturated heterocycles. The highest BCUT2D eigenvalue weighted by atomic mass is 35.5. The number of nitrogens with zero attached hydrogens (tertiary/aromatic N) is 2. The van der Waals surface area contributed by atoms with Crippen LogP contribution in [0.1, 0.15) is 38.3 Å². The van der Waals surface area contributed by atoms with Crippen LogP contribution in [0.3, 0.4) is 0 Å². The van der Waals surface area contributed by atoms with Gasteiger partial charge < -0.3 is 10.2 Å². The van der Waals surface area contributed by atoms with E-state index in [-0.39, 0.29) is 17.3 Å². The zero-order chi connectivity index (χ0) is 28.6. The predicted molar refractivity (Wildman–Crippen MR) is 157 cm³/mol. The molecule has 0 heterocycles. The van der Waals surface area contributed by atoms with Gasteiger partial charge in [0.2, 0.25) is 11.8 Å². The molecule has 0 aliphatic heterocycles. The summed E-state index contributed by atoms with van der Waals surface area (Å²) >= 11 is 12.3. The number of carbonyl (C=O) groups is 2. The van der Waals surface area contributed by atoms with Crippen LogP contribution in [0.15, 0.2) is 77.7 Å². The summed E-state index contributed by atoms with van der Waals surface area (Å²) in [5.41, 5.74) is 2.03. The molecule has 1 N–H and O–H groups in total.